The molecule has 2 unspecified atom stereocenters. The molecule has 0 aliphatic carbocycles. The smallest absolute Gasteiger partial charge is 0.326 e. The van der Waals surface area contributed by atoms with Crippen molar-refractivity contribution in [2.45, 2.75) is 38.8 Å². The molecule has 0 aliphatic rings. The largest absolute Gasteiger partial charge is 0.480 e. The number of nitrogens with one attached hydrogen (secondary N) is 1. The van der Waals surface area contributed by atoms with Crippen molar-refractivity contribution in [1.82, 2.24) is 10.2 Å². The number of carbonyl (C=O) groups excluding carboxylic acids is 1. The van der Waals surface area contributed by atoms with Gasteiger partial charge in [0.1, 0.15) is 6.04 Å². The molecule has 2 atom stereocenters. The Morgan fingerprint density at radius 1 is 1.42 bits per heavy atom. The van der Waals surface area contributed by atoms with Gasteiger partial charge in [0.25, 0.3) is 0 Å². The fraction of sp³-hybridized carbons (Fsp3) is 0.833. The zero-order chi connectivity index (χ0) is 14.8. The topological polar surface area (TPSA) is 99.1 Å². The molecule has 7 heteroatoms. The van der Waals surface area contributed by atoms with E-state index in [4.69, 9.17) is 14.9 Å². The van der Waals surface area contributed by atoms with Crippen LogP contribution in [-0.2, 0) is 9.53 Å². The Balaban J connectivity index is 4.63. The molecule has 0 saturated heterocycles. The maximum atomic E-state index is 12.1. The molecule has 2 amide bonds. The van der Waals surface area contributed by atoms with Crippen LogP contribution in [0.3, 0.4) is 0 Å². The van der Waals surface area contributed by atoms with Gasteiger partial charge in [0.2, 0.25) is 0 Å². The van der Waals surface area contributed by atoms with E-state index in [2.05, 4.69) is 5.32 Å². The molecule has 0 aliphatic heterocycles. The molecule has 0 aromatic rings. The van der Waals surface area contributed by atoms with Crippen LogP contribution in [0.15, 0.2) is 0 Å². The van der Waals surface area contributed by atoms with Gasteiger partial charge in [-0.2, -0.15) is 0 Å². The summed E-state index contributed by atoms with van der Waals surface area (Å²) in [5.41, 5.74) is 0. The Kier molecular flexibility index (Phi) is 8.90. The van der Waals surface area contributed by atoms with Crippen LogP contribution in [0.25, 0.3) is 0 Å². The zero-order valence-electron chi connectivity index (χ0n) is 11.8. The van der Waals surface area contributed by atoms with Gasteiger partial charge in [-0.1, -0.05) is 6.92 Å². The van der Waals surface area contributed by atoms with Gasteiger partial charge < -0.3 is 25.2 Å². The second kappa shape index (κ2) is 9.57. The minimum atomic E-state index is -1.15. The molecular weight excluding hydrogens is 252 g/mol. The van der Waals surface area contributed by atoms with Crippen molar-refractivity contribution in [3.05, 3.63) is 0 Å². The van der Waals surface area contributed by atoms with E-state index in [9.17, 15) is 9.59 Å². The molecule has 112 valence electrons. The van der Waals surface area contributed by atoms with E-state index >= 15 is 0 Å². The number of aliphatic carboxylic acids is 1. The van der Waals surface area contributed by atoms with Crippen LogP contribution in [0, 0.1) is 0 Å². The minimum Gasteiger partial charge on any atom is -0.480 e. The SMILES string of the molecule is CCC(C)N(CCOC)C(=O)NC(CCO)C(=O)O. The minimum absolute atomic E-state index is 0.0142. The predicted octanol–water partition coefficient (Wildman–Crippen LogP) is 0.279. The average Bonchev–Trinajstić information content (AvgIpc) is 2.38. The van der Waals surface area contributed by atoms with Crippen molar-refractivity contribution in [3.63, 3.8) is 0 Å². The van der Waals surface area contributed by atoms with Crippen molar-refractivity contribution in [2.24, 2.45) is 0 Å². The van der Waals surface area contributed by atoms with Crippen molar-refractivity contribution < 1.29 is 24.5 Å². The summed E-state index contributed by atoms with van der Waals surface area (Å²) in [6.45, 7) is 4.31. The summed E-state index contributed by atoms with van der Waals surface area (Å²) in [4.78, 5) is 24.5. The van der Waals surface area contributed by atoms with Crippen LogP contribution in [0.5, 0.6) is 0 Å². The molecule has 0 fully saturated rings. The number of rotatable bonds is 9. The number of aliphatic hydroxyl groups excluding tert-OH is 1. The summed E-state index contributed by atoms with van der Waals surface area (Å²) in [5.74, 6) is -1.15. The normalized spacial score (nSPS) is 13.7. The Morgan fingerprint density at radius 3 is 2.47 bits per heavy atom. The second-order valence-corrected chi connectivity index (χ2v) is 4.30. The number of carbonyl (C=O) groups is 2. The first kappa shape index (κ1) is 17.7. The standard InChI is InChI=1S/C12H24N2O5/c1-4-9(2)14(6-8-19-3)12(18)13-10(5-7-15)11(16)17/h9-10,15H,4-8H2,1-3H3,(H,13,18)(H,16,17). The van der Waals surface area contributed by atoms with Crippen LogP contribution in [0.2, 0.25) is 0 Å². The van der Waals surface area contributed by atoms with E-state index in [1.165, 1.54) is 4.90 Å². The maximum Gasteiger partial charge on any atom is 0.326 e. The third kappa shape index (κ3) is 6.40. The summed E-state index contributed by atoms with van der Waals surface area (Å²) in [7, 11) is 1.54. The Bertz CT molecular complexity index is 285. The average molecular weight is 276 g/mol. The van der Waals surface area contributed by atoms with Gasteiger partial charge in [0.05, 0.1) is 6.61 Å². The van der Waals surface area contributed by atoms with Crippen LogP contribution in [0.4, 0.5) is 4.79 Å². The Hall–Kier alpha value is -1.34. The fourth-order valence-corrected chi connectivity index (χ4v) is 1.55. The lowest BCUT2D eigenvalue weighted by molar-refractivity contribution is -0.139. The second-order valence-electron chi connectivity index (χ2n) is 4.30. The summed E-state index contributed by atoms with van der Waals surface area (Å²) in [6, 6.07) is -1.54. The lowest BCUT2D eigenvalue weighted by atomic mass is 10.2. The highest BCUT2D eigenvalue weighted by Gasteiger charge is 2.24. The molecule has 0 saturated carbocycles. The number of ether oxygens (including phenoxy) is 1. The maximum absolute atomic E-state index is 12.1. The Morgan fingerprint density at radius 2 is 2.05 bits per heavy atom. The number of amides is 2. The van der Waals surface area contributed by atoms with Gasteiger partial charge in [-0.15, -0.1) is 0 Å². The van der Waals surface area contributed by atoms with E-state index < -0.39 is 18.0 Å². The van der Waals surface area contributed by atoms with Crippen molar-refractivity contribution in [1.29, 1.82) is 0 Å². The van der Waals surface area contributed by atoms with Crippen molar-refractivity contribution >= 4 is 12.0 Å². The molecular formula is C12H24N2O5. The number of hydrogen-bond acceptors (Lipinski definition) is 4. The quantitative estimate of drug-likeness (QED) is 0.561. The molecule has 0 radical (unpaired) electrons. The summed E-state index contributed by atoms with van der Waals surface area (Å²) < 4.78 is 4.94. The summed E-state index contributed by atoms with van der Waals surface area (Å²) in [5, 5.41) is 20.1. The number of methoxy groups -OCH3 is 1. The first-order chi connectivity index (χ1) is 8.97. The fourth-order valence-electron chi connectivity index (χ4n) is 1.55. The van der Waals surface area contributed by atoms with Crippen LogP contribution in [-0.4, -0.2) is 66.1 Å². The lowest BCUT2D eigenvalue weighted by Gasteiger charge is -2.29. The van der Waals surface area contributed by atoms with Gasteiger partial charge in [-0.05, 0) is 13.3 Å². The number of carboxylic acids is 1. The number of carboxylic acid groups (broad SMARTS) is 1. The van der Waals surface area contributed by atoms with E-state index in [1.54, 1.807) is 7.11 Å². The highest BCUT2D eigenvalue weighted by atomic mass is 16.5. The van der Waals surface area contributed by atoms with Gasteiger partial charge >= 0.3 is 12.0 Å². The van der Waals surface area contributed by atoms with Crippen molar-refractivity contribution in [2.75, 3.05) is 26.9 Å². The predicted molar refractivity (Wildman–Crippen MR) is 70.0 cm³/mol. The number of nitrogens with zero attached hydrogens (tertiary/aromatic N) is 1. The van der Waals surface area contributed by atoms with Gasteiger partial charge in [-0.3, -0.25) is 0 Å². The molecule has 0 spiro atoms. The van der Waals surface area contributed by atoms with Gasteiger partial charge in [-0.25, -0.2) is 9.59 Å². The first-order valence-electron chi connectivity index (χ1n) is 6.37. The van der Waals surface area contributed by atoms with Crippen LogP contribution in [0.1, 0.15) is 26.7 Å². The third-order valence-corrected chi connectivity index (χ3v) is 2.93. The highest BCUT2D eigenvalue weighted by molar-refractivity contribution is 5.82. The van der Waals surface area contributed by atoms with E-state index in [0.717, 1.165) is 6.42 Å². The van der Waals surface area contributed by atoms with Gasteiger partial charge in [0.15, 0.2) is 0 Å². The third-order valence-electron chi connectivity index (χ3n) is 2.93. The summed E-state index contributed by atoms with van der Waals surface area (Å²) >= 11 is 0. The van der Waals surface area contributed by atoms with Crippen LogP contribution < -0.4 is 5.32 Å². The molecule has 0 rings (SSSR count). The first-order valence-corrected chi connectivity index (χ1v) is 6.37. The molecule has 7 nitrogen and oxygen atoms in total. The van der Waals surface area contributed by atoms with Crippen LogP contribution >= 0.6 is 0 Å². The monoisotopic (exact) mass is 276 g/mol. The molecule has 3 N–H and O–H groups in total. The van der Waals surface area contributed by atoms with E-state index in [-0.39, 0.29) is 19.1 Å². The van der Waals surface area contributed by atoms with Crippen molar-refractivity contribution in [3.8, 4) is 0 Å². The highest BCUT2D eigenvalue weighted by Crippen LogP contribution is 2.05. The lowest BCUT2D eigenvalue weighted by Crippen LogP contribution is -2.51. The zero-order valence-corrected chi connectivity index (χ0v) is 11.8. The Labute approximate surface area is 113 Å². The molecule has 19 heavy (non-hydrogen) atoms. The molecule has 0 aromatic heterocycles. The number of aliphatic hydroxyl groups is 1. The number of urea groups is 1. The summed E-state index contributed by atoms with van der Waals surface area (Å²) in [6.07, 6.45) is 0.745. The number of hydrogen-bond donors (Lipinski definition) is 3. The molecule has 0 bridgehead atoms. The van der Waals surface area contributed by atoms with E-state index in [1.807, 2.05) is 13.8 Å². The molecule has 0 heterocycles. The van der Waals surface area contributed by atoms with Gasteiger partial charge in [0, 0.05) is 32.7 Å². The molecule has 0 aromatic carbocycles. The van der Waals surface area contributed by atoms with E-state index in [0.29, 0.717) is 13.2 Å².